The van der Waals surface area contributed by atoms with Crippen LogP contribution in [0.1, 0.15) is 44.9 Å². The van der Waals surface area contributed by atoms with Crippen molar-refractivity contribution in [1.29, 1.82) is 0 Å². The Morgan fingerprint density at radius 1 is 1.20 bits per heavy atom. The van der Waals surface area contributed by atoms with Crippen molar-refractivity contribution in [2.45, 2.75) is 56.7 Å². The molecule has 1 N–H and O–H groups in total. The first-order valence-corrected chi connectivity index (χ1v) is 7.66. The van der Waals surface area contributed by atoms with E-state index in [0.717, 1.165) is 38.5 Å². The molecule has 1 saturated carbocycles. The molecule has 8 heteroatoms. The van der Waals surface area contributed by atoms with Crippen LogP contribution in [0.3, 0.4) is 0 Å². The van der Waals surface area contributed by atoms with Gasteiger partial charge in [0.1, 0.15) is 0 Å². The molecule has 0 saturated heterocycles. The first-order chi connectivity index (χ1) is 9.38. The quantitative estimate of drug-likeness (QED) is 0.460. The Labute approximate surface area is 121 Å². The Hall–Kier alpha value is -0.0200. The van der Waals surface area contributed by atoms with Crippen molar-refractivity contribution >= 4 is 11.9 Å². The van der Waals surface area contributed by atoms with Crippen molar-refractivity contribution in [3.63, 3.8) is 0 Å². The molecule has 1 aliphatic rings. The van der Waals surface area contributed by atoms with Crippen LogP contribution in [0.5, 0.6) is 0 Å². The van der Waals surface area contributed by atoms with E-state index in [2.05, 4.69) is 0 Å². The highest BCUT2D eigenvalue weighted by molar-refractivity contribution is 7.97. The van der Waals surface area contributed by atoms with Gasteiger partial charge in [0.05, 0.1) is 6.61 Å². The topological polar surface area (TPSA) is 55.8 Å². The predicted molar refractivity (Wildman–Crippen MR) is 71.5 cm³/mol. The number of ether oxygens (including phenoxy) is 1. The summed E-state index contributed by atoms with van der Waals surface area (Å²) >= 11 is -0.734. The number of halogens is 3. The number of hydrogen-bond acceptors (Lipinski definition) is 5. The van der Waals surface area contributed by atoms with Gasteiger partial charge in [-0.2, -0.15) is 13.2 Å². The smallest absolute Gasteiger partial charge is 0.455 e. The number of nitrogens with zero attached hydrogens (tertiary/aromatic N) is 1. The third-order valence-electron chi connectivity index (χ3n) is 3.32. The van der Waals surface area contributed by atoms with Crippen molar-refractivity contribution < 1.29 is 23.0 Å². The second kappa shape index (κ2) is 9.09. The van der Waals surface area contributed by atoms with Crippen LogP contribution < -0.4 is 0 Å². The Morgan fingerprint density at radius 3 is 2.30 bits per heavy atom. The summed E-state index contributed by atoms with van der Waals surface area (Å²) in [5.41, 5.74) is -4.58. The second-order valence-electron chi connectivity index (χ2n) is 4.96. The van der Waals surface area contributed by atoms with E-state index >= 15 is 0 Å². The second-order valence-corrected chi connectivity index (χ2v) is 6.01. The van der Waals surface area contributed by atoms with E-state index in [9.17, 15) is 23.5 Å². The fourth-order valence-corrected chi connectivity index (χ4v) is 2.71. The van der Waals surface area contributed by atoms with Gasteiger partial charge in [0, 0.05) is 24.4 Å². The predicted octanol–water partition coefficient (Wildman–Crippen LogP) is 3.65. The summed E-state index contributed by atoms with van der Waals surface area (Å²) < 4.78 is 40.6. The maximum Gasteiger partial charge on any atom is 0.455 e. The molecule has 0 aliphatic heterocycles. The van der Waals surface area contributed by atoms with E-state index in [0.29, 0.717) is 0 Å². The Kier molecular flexibility index (Phi) is 8.20. The van der Waals surface area contributed by atoms with Gasteiger partial charge in [-0.1, -0.05) is 32.1 Å². The molecule has 0 radical (unpaired) electrons. The molecular formula is C12H21F3NO3S-. The molecule has 0 aromatic heterocycles. The number of hydrogen-bond donors (Lipinski definition) is 1. The van der Waals surface area contributed by atoms with Gasteiger partial charge in [-0.05, 0) is 12.8 Å². The van der Waals surface area contributed by atoms with Crippen LogP contribution in [0.15, 0.2) is 0 Å². The molecule has 0 spiro atoms. The van der Waals surface area contributed by atoms with Crippen LogP contribution in [0.25, 0.3) is 0 Å². The summed E-state index contributed by atoms with van der Waals surface area (Å²) in [5.74, 6) is 0.0191. The number of aliphatic hydroxyl groups excluding tert-OH is 1. The monoisotopic (exact) mass is 316 g/mol. The highest BCUT2D eigenvalue weighted by Gasteiger charge is 2.29. The van der Waals surface area contributed by atoms with Crippen LogP contribution in [0.4, 0.5) is 13.2 Å². The molecule has 0 amide bonds. The van der Waals surface area contributed by atoms with Crippen molar-refractivity contribution in [3.05, 3.63) is 5.21 Å². The van der Waals surface area contributed by atoms with E-state index in [1.165, 1.54) is 6.42 Å². The average molecular weight is 316 g/mol. The molecule has 0 aromatic rings. The zero-order valence-corrected chi connectivity index (χ0v) is 12.1. The van der Waals surface area contributed by atoms with Crippen molar-refractivity contribution in [1.82, 2.24) is 4.47 Å². The normalized spacial score (nSPS) is 20.7. The van der Waals surface area contributed by atoms with Crippen molar-refractivity contribution in [2.75, 3.05) is 13.2 Å². The standard InChI is InChI=1S/C12H21F3NO3S/c13-12(14,15)20-16(18)8-9-19-11(17)10-6-4-2-1-3-5-7-10/h10-11,17H,1-9H2/q-1. The molecule has 120 valence electrons. The van der Waals surface area contributed by atoms with Crippen LogP contribution in [0, 0.1) is 11.1 Å². The first kappa shape index (κ1) is 18.0. The minimum Gasteiger partial charge on any atom is -0.775 e. The van der Waals surface area contributed by atoms with Crippen LogP contribution in [-0.2, 0) is 4.74 Å². The van der Waals surface area contributed by atoms with Gasteiger partial charge < -0.3 is 19.5 Å². The van der Waals surface area contributed by atoms with E-state index in [1.54, 1.807) is 0 Å². The lowest BCUT2D eigenvalue weighted by Crippen LogP contribution is -2.28. The molecular weight excluding hydrogens is 295 g/mol. The van der Waals surface area contributed by atoms with Gasteiger partial charge in [0.2, 0.25) is 0 Å². The number of alkyl halides is 3. The molecule has 0 bridgehead atoms. The van der Waals surface area contributed by atoms with Gasteiger partial charge >= 0.3 is 5.51 Å². The van der Waals surface area contributed by atoms with E-state index in [1.807, 2.05) is 0 Å². The third kappa shape index (κ3) is 8.31. The Morgan fingerprint density at radius 2 is 1.75 bits per heavy atom. The fourth-order valence-electron chi connectivity index (χ4n) is 2.32. The minimum absolute atomic E-state index is 0.0191. The van der Waals surface area contributed by atoms with Crippen LogP contribution in [-0.4, -0.2) is 34.5 Å². The van der Waals surface area contributed by atoms with E-state index in [4.69, 9.17) is 4.74 Å². The Bertz CT molecular complexity index is 261. The van der Waals surface area contributed by atoms with Gasteiger partial charge in [0.15, 0.2) is 6.29 Å². The van der Waals surface area contributed by atoms with Gasteiger partial charge in [0.25, 0.3) is 0 Å². The summed E-state index contributed by atoms with van der Waals surface area (Å²) in [6, 6.07) is 0. The summed E-state index contributed by atoms with van der Waals surface area (Å²) in [6.07, 6.45) is 6.28. The first-order valence-electron chi connectivity index (χ1n) is 6.88. The average Bonchev–Trinajstić information content (AvgIpc) is 2.25. The summed E-state index contributed by atoms with van der Waals surface area (Å²) in [7, 11) is 0. The minimum atomic E-state index is -4.58. The molecule has 1 unspecified atom stereocenters. The van der Waals surface area contributed by atoms with E-state index in [-0.39, 0.29) is 17.0 Å². The molecule has 1 aliphatic carbocycles. The molecule has 0 heterocycles. The maximum absolute atomic E-state index is 11.9. The summed E-state index contributed by atoms with van der Waals surface area (Å²) in [4.78, 5) is 0. The van der Waals surface area contributed by atoms with Gasteiger partial charge in [-0.25, -0.2) is 0 Å². The molecule has 1 atom stereocenters. The summed E-state index contributed by atoms with van der Waals surface area (Å²) in [6.45, 7) is -0.627. The number of aliphatic hydroxyl groups is 1. The van der Waals surface area contributed by atoms with Gasteiger partial charge in [-0.15, -0.1) is 0 Å². The lowest BCUT2D eigenvalue weighted by Gasteiger charge is -2.29. The SMILES string of the molecule is [O-]N(CCOC(O)C1CCCCCCC1)SC(F)(F)F. The highest BCUT2D eigenvalue weighted by Crippen LogP contribution is 2.32. The number of rotatable bonds is 6. The van der Waals surface area contributed by atoms with Gasteiger partial charge in [-0.3, -0.25) is 0 Å². The van der Waals surface area contributed by atoms with Crippen molar-refractivity contribution in [2.24, 2.45) is 5.92 Å². The maximum atomic E-state index is 11.9. The van der Waals surface area contributed by atoms with Crippen LogP contribution >= 0.6 is 11.9 Å². The van der Waals surface area contributed by atoms with Crippen molar-refractivity contribution in [3.8, 4) is 0 Å². The zero-order chi connectivity index (χ0) is 15.0. The molecule has 20 heavy (non-hydrogen) atoms. The molecule has 0 aromatic carbocycles. The number of hydroxylamine groups is 1. The van der Waals surface area contributed by atoms with Crippen LogP contribution in [0.2, 0.25) is 0 Å². The lowest BCUT2D eigenvalue weighted by molar-refractivity contribution is -0.138. The molecule has 1 rings (SSSR count). The zero-order valence-electron chi connectivity index (χ0n) is 11.3. The Balaban J connectivity index is 2.19. The molecule has 1 fully saturated rings. The fraction of sp³-hybridized carbons (Fsp3) is 1.00. The molecule has 4 nitrogen and oxygen atoms in total. The van der Waals surface area contributed by atoms with E-state index < -0.39 is 30.3 Å². The highest BCUT2D eigenvalue weighted by atomic mass is 32.2. The third-order valence-corrected chi connectivity index (χ3v) is 3.91. The largest absolute Gasteiger partial charge is 0.775 e. The lowest BCUT2D eigenvalue weighted by atomic mass is 9.91. The summed E-state index contributed by atoms with van der Waals surface area (Å²) in [5, 5.41) is 20.8.